The van der Waals surface area contributed by atoms with Crippen LogP contribution in [0.4, 0.5) is 5.69 Å². The van der Waals surface area contributed by atoms with Crippen LogP contribution in [-0.2, 0) is 14.9 Å². The van der Waals surface area contributed by atoms with Gasteiger partial charge in [-0.3, -0.25) is 4.90 Å². The summed E-state index contributed by atoms with van der Waals surface area (Å²) in [4.78, 5) is 4.46. The lowest BCUT2D eigenvalue weighted by molar-refractivity contribution is 0.144. The van der Waals surface area contributed by atoms with Crippen LogP contribution >= 0.6 is 11.6 Å². The van der Waals surface area contributed by atoms with Gasteiger partial charge in [0.05, 0.1) is 18.6 Å². The number of anilines is 1. The van der Waals surface area contributed by atoms with Gasteiger partial charge in [0.1, 0.15) is 5.02 Å². The number of methoxy groups -OCH3 is 1. The molecule has 0 atom stereocenters. The summed E-state index contributed by atoms with van der Waals surface area (Å²) < 4.78 is 32.6. The third-order valence-corrected chi connectivity index (χ3v) is 4.37. The Morgan fingerprint density at radius 2 is 1.91 bits per heavy atom. The number of ether oxygens (including phenoxy) is 1. The molecule has 1 fully saturated rings. The maximum Gasteiger partial charge on any atom is 0.306 e. The van der Waals surface area contributed by atoms with Crippen molar-refractivity contribution in [2.75, 3.05) is 57.6 Å². The van der Waals surface area contributed by atoms with Gasteiger partial charge in [-0.15, -0.1) is 0 Å². The van der Waals surface area contributed by atoms with Crippen molar-refractivity contribution in [1.29, 1.82) is 0 Å². The third kappa shape index (κ3) is 4.74. The average Bonchev–Trinajstić information content (AvgIpc) is 2.47. The maximum absolute atomic E-state index is 11.3. The van der Waals surface area contributed by atoms with Crippen molar-refractivity contribution in [3.05, 3.63) is 23.2 Å². The molecule has 0 spiro atoms. The Hall–Kier alpha value is -1.02. The zero-order valence-electron chi connectivity index (χ0n) is 12.8. The standard InChI is InChI=1S/C14H21ClN2O4S/c1-20-11-10-16-6-8-17(9-7-16)12-4-3-5-13(14(12)15)21-22(2,18)19/h3-5H,6-11H2,1-2H3. The van der Waals surface area contributed by atoms with Crippen molar-refractivity contribution < 1.29 is 17.3 Å². The number of hydrogen-bond acceptors (Lipinski definition) is 6. The molecule has 0 unspecified atom stereocenters. The molecule has 1 aliphatic rings. The Kier molecular flexibility index (Phi) is 5.91. The highest BCUT2D eigenvalue weighted by atomic mass is 35.5. The number of nitrogens with zero attached hydrogens (tertiary/aromatic N) is 2. The molecule has 22 heavy (non-hydrogen) atoms. The zero-order valence-corrected chi connectivity index (χ0v) is 14.4. The van der Waals surface area contributed by atoms with E-state index >= 15 is 0 Å². The van der Waals surface area contributed by atoms with Crippen LogP contribution in [0.3, 0.4) is 0 Å². The van der Waals surface area contributed by atoms with Gasteiger partial charge in [-0.25, -0.2) is 0 Å². The Morgan fingerprint density at radius 3 is 2.50 bits per heavy atom. The van der Waals surface area contributed by atoms with Gasteiger partial charge in [0.15, 0.2) is 5.75 Å². The van der Waals surface area contributed by atoms with Crippen LogP contribution in [0, 0.1) is 0 Å². The molecule has 1 aromatic carbocycles. The van der Waals surface area contributed by atoms with Crippen LogP contribution in [0.5, 0.6) is 5.75 Å². The second-order valence-corrected chi connectivity index (χ2v) is 7.15. The largest absolute Gasteiger partial charge is 0.383 e. The number of piperazine rings is 1. The highest BCUT2D eigenvalue weighted by Gasteiger charge is 2.21. The van der Waals surface area contributed by atoms with E-state index in [4.69, 9.17) is 20.5 Å². The smallest absolute Gasteiger partial charge is 0.306 e. The Labute approximate surface area is 136 Å². The molecule has 0 bridgehead atoms. The van der Waals surface area contributed by atoms with Gasteiger partial charge in [-0.2, -0.15) is 8.42 Å². The van der Waals surface area contributed by atoms with E-state index in [1.165, 1.54) is 0 Å². The minimum atomic E-state index is -3.59. The summed E-state index contributed by atoms with van der Waals surface area (Å²) in [7, 11) is -1.89. The van der Waals surface area contributed by atoms with E-state index in [0.717, 1.165) is 51.3 Å². The summed E-state index contributed by atoms with van der Waals surface area (Å²) in [5.74, 6) is 0.170. The molecule has 1 saturated heterocycles. The Morgan fingerprint density at radius 1 is 1.23 bits per heavy atom. The van der Waals surface area contributed by atoms with Crippen LogP contribution < -0.4 is 9.08 Å². The molecule has 0 aliphatic carbocycles. The molecular weight excluding hydrogens is 328 g/mol. The normalized spacial score (nSPS) is 16.8. The summed E-state index contributed by atoms with van der Waals surface area (Å²) in [6, 6.07) is 5.18. The van der Waals surface area contributed by atoms with Gasteiger partial charge >= 0.3 is 10.1 Å². The van der Waals surface area contributed by atoms with Crippen LogP contribution in [-0.4, -0.2) is 66.0 Å². The van der Waals surface area contributed by atoms with Gasteiger partial charge in [0, 0.05) is 39.8 Å². The molecular formula is C14H21ClN2O4S. The number of halogens is 1. The first-order valence-corrected chi connectivity index (χ1v) is 9.24. The first-order chi connectivity index (χ1) is 10.4. The molecule has 0 amide bonds. The molecule has 0 N–H and O–H groups in total. The molecule has 8 heteroatoms. The summed E-state index contributed by atoms with van der Waals surface area (Å²) in [5, 5.41) is 0.332. The van der Waals surface area contributed by atoms with Gasteiger partial charge in [0.25, 0.3) is 0 Å². The van der Waals surface area contributed by atoms with E-state index in [2.05, 4.69) is 9.80 Å². The molecule has 2 rings (SSSR count). The lowest BCUT2D eigenvalue weighted by atomic mass is 10.2. The van der Waals surface area contributed by atoms with Crippen LogP contribution in [0.1, 0.15) is 0 Å². The van der Waals surface area contributed by atoms with Crippen molar-refractivity contribution >= 4 is 27.4 Å². The Balaban J connectivity index is 2.06. The minimum Gasteiger partial charge on any atom is -0.383 e. The van der Waals surface area contributed by atoms with Crippen LogP contribution in [0.15, 0.2) is 18.2 Å². The number of benzene rings is 1. The highest BCUT2D eigenvalue weighted by Crippen LogP contribution is 2.35. The van der Waals surface area contributed by atoms with Crippen molar-refractivity contribution in [1.82, 2.24) is 4.90 Å². The van der Waals surface area contributed by atoms with E-state index in [9.17, 15) is 8.42 Å². The third-order valence-electron chi connectivity index (χ3n) is 3.51. The van der Waals surface area contributed by atoms with E-state index < -0.39 is 10.1 Å². The quantitative estimate of drug-likeness (QED) is 0.725. The summed E-state index contributed by atoms with van der Waals surface area (Å²) >= 11 is 6.30. The SMILES string of the molecule is COCCN1CCN(c2cccc(OS(C)(=O)=O)c2Cl)CC1. The zero-order chi connectivity index (χ0) is 16.2. The molecule has 1 heterocycles. The van der Waals surface area contributed by atoms with Crippen molar-refractivity contribution in [2.45, 2.75) is 0 Å². The topological polar surface area (TPSA) is 59.1 Å². The lowest BCUT2D eigenvalue weighted by Crippen LogP contribution is -2.47. The van der Waals surface area contributed by atoms with Gasteiger partial charge in [-0.05, 0) is 12.1 Å². The molecule has 124 valence electrons. The molecule has 0 saturated carbocycles. The van der Waals surface area contributed by atoms with E-state index in [0.29, 0.717) is 5.02 Å². The van der Waals surface area contributed by atoms with Crippen LogP contribution in [0.25, 0.3) is 0 Å². The van der Waals surface area contributed by atoms with Crippen molar-refractivity contribution in [3.8, 4) is 5.75 Å². The van der Waals surface area contributed by atoms with E-state index in [1.807, 2.05) is 6.07 Å². The second kappa shape index (κ2) is 7.50. The Bertz CT molecular complexity index is 601. The highest BCUT2D eigenvalue weighted by molar-refractivity contribution is 7.86. The molecule has 0 aromatic heterocycles. The first-order valence-electron chi connectivity index (χ1n) is 7.05. The fourth-order valence-corrected chi connectivity index (χ4v) is 3.20. The monoisotopic (exact) mass is 348 g/mol. The lowest BCUT2D eigenvalue weighted by Gasteiger charge is -2.36. The maximum atomic E-state index is 11.3. The van der Waals surface area contributed by atoms with E-state index in [1.54, 1.807) is 19.2 Å². The first kappa shape index (κ1) is 17.3. The summed E-state index contributed by atoms with van der Waals surface area (Å²) in [6.45, 7) is 5.11. The van der Waals surface area contributed by atoms with Crippen molar-refractivity contribution in [2.24, 2.45) is 0 Å². The molecule has 6 nitrogen and oxygen atoms in total. The number of hydrogen-bond donors (Lipinski definition) is 0. The molecule has 1 aliphatic heterocycles. The molecule has 0 radical (unpaired) electrons. The van der Waals surface area contributed by atoms with Gasteiger partial charge in [-0.1, -0.05) is 17.7 Å². The van der Waals surface area contributed by atoms with Gasteiger partial charge < -0.3 is 13.8 Å². The van der Waals surface area contributed by atoms with Crippen LogP contribution in [0.2, 0.25) is 5.02 Å². The fourth-order valence-electron chi connectivity index (χ4n) is 2.40. The van der Waals surface area contributed by atoms with Gasteiger partial charge in [0.2, 0.25) is 0 Å². The summed E-state index contributed by atoms with van der Waals surface area (Å²) in [6.07, 6.45) is 1.00. The predicted molar refractivity (Wildman–Crippen MR) is 87.5 cm³/mol. The number of rotatable bonds is 6. The summed E-state index contributed by atoms with van der Waals surface area (Å²) in [5.41, 5.74) is 0.800. The average molecular weight is 349 g/mol. The fraction of sp³-hybridized carbons (Fsp3) is 0.571. The van der Waals surface area contributed by atoms with E-state index in [-0.39, 0.29) is 5.75 Å². The minimum absolute atomic E-state index is 0.170. The molecule has 1 aromatic rings. The second-order valence-electron chi connectivity index (χ2n) is 5.20. The predicted octanol–water partition coefficient (Wildman–Crippen LogP) is 1.45. The van der Waals surface area contributed by atoms with Crippen molar-refractivity contribution in [3.63, 3.8) is 0 Å².